The Morgan fingerprint density at radius 3 is 2.09 bits per heavy atom. The smallest absolute Gasteiger partial charge is 0.271 e. The highest BCUT2D eigenvalue weighted by molar-refractivity contribution is 6.29. The number of nitro benzene ring substituents is 2. The Morgan fingerprint density at radius 2 is 1.57 bits per heavy atom. The van der Waals surface area contributed by atoms with E-state index in [1.54, 1.807) is 0 Å². The Kier molecular flexibility index (Phi) is 4.87. The first-order chi connectivity index (χ1) is 10.9. The maximum absolute atomic E-state index is 11.5. The summed E-state index contributed by atoms with van der Waals surface area (Å²) in [6.45, 7) is 0. The predicted molar refractivity (Wildman–Crippen MR) is 84.5 cm³/mol. The zero-order chi connectivity index (χ0) is 17.0. The minimum absolute atomic E-state index is 0.0815. The van der Waals surface area contributed by atoms with Crippen LogP contribution in [0, 0.1) is 20.2 Å². The summed E-state index contributed by atoms with van der Waals surface area (Å²) in [4.78, 5) is 31.9. The molecular weight excluding hydrogens is 326 g/mol. The van der Waals surface area contributed by atoms with Gasteiger partial charge in [-0.3, -0.25) is 25.0 Å². The molecule has 0 bridgehead atoms. The number of non-ortho nitro benzene ring substituents is 2. The number of anilines is 1. The SMILES string of the molecule is O=C(CCl)Nc1cc([N+](=O)[O-])ccc1-c1ccc([N+](=O)[O-])cc1. The molecule has 0 saturated heterocycles. The van der Waals surface area contributed by atoms with Crippen LogP contribution < -0.4 is 5.32 Å². The number of hydrogen-bond donors (Lipinski definition) is 1. The van der Waals surface area contributed by atoms with E-state index in [-0.39, 0.29) is 22.9 Å². The van der Waals surface area contributed by atoms with Gasteiger partial charge in [0.2, 0.25) is 5.91 Å². The van der Waals surface area contributed by atoms with E-state index >= 15 is 0 Å². The number of nitro groups is 2. The third-order valence-corrected chi connectivity index (χ3v) is 3.24. The Labute approximate surface area is 135 Å². The van der Waals surface area contributed by atoms with E-state index in [0.29, 0.717) is 11.1 Å². The number of benzene rings is 2. The zero-order valence-electron chi connectivity index (χ0n) is 11.6. The Hall–Kier alpha value is -3.00. The zero-order valence-corrected chi connectivity index (χ0v) is 12.3. The van der Waals surface area contributed by atoms with Crippen LogP contribution in [0.15, 0.2) is 42.5 Å². The summed E-state index contributed by atoms with van der Waals surface area (Å²) >= 11 is 5.44. The summed E-state index contributed by atoms with van der Waals surface area (Å²) in [5.41, 5.74) is 0.987. The number of nitrogens with one attached hydrogen (secondary N) is 1. The van der Waals surface area contributed by atoms with Crippen LogP contribution in [-0.4, -0.2) is 21.6 Å². The predicted octanol–water partition coefficient (Wildman–Crippen LogP) is 3.35. The van der Waals surface area contributed by atoms with E-state index in [2.05, 4.69) is 5.32 Å². The Bertz CT molecular complexity index is 776. The lowest BCUT2D eigenvalue weighted by atomic mass is 10.0. The van der Waals surface area contributed by atoms with Gasteiger partial charge in [0.25, 0.3) is 11.4 Å². The summed E-state index contributed by atoms with van der Waals surface area (Å²) < 4.78 is 0. The molecule has 0 heterocycles. The van der Waals surface area contributed by atoms with Gasteiger partial charge in [0.05, 0.1) is 15.5 Å². The number of amides is 1. The number of hydrogen-bond acceptors (Lipinski definition) is 5. The molecule has 0 saturated carbocycles. The number of halogens is 1. The molecule has 0 aromatic heterocycles. The van der Waals surface area contributed by atoms with Crippen LogP contribution in [-0.2, 0) is 4.79 Å². The lowest BCUT2D eigenvalue weighted by Gasteiger charge is -2.10. The summed E-state index contributed by atoms with van der Waals surface area (Å²) in [6, 6.07) is 9.57. The van der Waals surface area contributed by atoms with Gasteiger partial charge in [-0.1, -0.05) is 0 Å². The molecule has 8 nitrogen and oxygen atoms in total. The van der Waals surface area contributed by atoms with Crippen LogP contribution in [0.4, 0.5) is 17.1 Å². The van der Waals surface area contributed by atoms with Crippen molar-refractivity contribution in [1.82, 2.24) is 0 Å². The standard InChI is InChI=1S/C14H10ClN3O5/c15-8-14(19)16-13-7-11(18(22)23)5-6-12(13)9-1-3-10(4-2-9)17(20)21/h1-7H,8H2,(H,16,19). The maximum Gasteiger partial charge on any atom is 0.271 e. The van der Waals surface area contributed by atoms with Crippen molar-refractivity contribution < 1.29 is 14.6 Å². The van der Waals surface area contributed by atoms with Crippen LogP contribution in [0.5, 0.6) is 0 Å². The highest BCUT2D eigenvalue weighted by Gasteiger charge is 2.15. The van der Waals surface area contributed by atoms with E-state index in [1.165, 1.54) is 42.5 Å². The quantitative estimate of drug-likeness (QED) is 0.511. The van der Waals surface area contributed by atoms with E-state index in [0.717, 1.165) is 0 Å². The van der Waals surface area contributed by atoms with E-state index in [1.807, 2.05) is 0 Å². The second-order valence-corrected chi connectivity index (χ2v) is 4.74. The molecular formula is C14H10ClN3O5. The first kappa shape index (κ1) is 16.4. The van der Waals surface area contributed by atoms with Crippen LogP contribution in [0.2, 0.25) is 0 Å². The lowest BCUT2D eigenvalue weighted by molar-refractivity contribution is -0.385. The van der Waals surface area contributed by atoms with Crippen LogP contribution in [0.1, 0.15) is 0 Å². The summed E-state index contributed by atoms with van der Waals surface area (Å²) in [5.74, 6) is -0.821. The fourth-order valence-electron chi connectivity index (χ4n) is 1.95. The van der Waals surface area contributed by atoms with E-state index in [9.17, 15) is 25.0 Å². The average molecular weight is 336 g/mol. The van der Waals surface area contributed by atoms with Crippen molar-refractivity contribution in [2.45, 2.75) is 0 Å². The Morgan fingerprint density at radius 1 is 1.00 bits per heavy atom. The molecule has 1 N–H and O–H groups in total. The average Bonchev–Trinajstić information content (AvgIpc) is 2.54. The number of carbonyl (C=O) groups excluding carboxylic acids is 1. The van der Waals surface area contributed by atoms with Gasteiger partial charge in [0, 0.05) is 29.8 Å². The molecule has 9 heteroatoms. The van der Waals surface area contributed by atoms with E-state index in [4.69, 9.17) is 11.6 Å². The van der Waals surface area contributed by atoms with Crippen molar-refractivity contribution in [2.75, 3.05) is 11.2 Å². The molecule has 2 rings (SSSR count). The highest BCUT2D eigenvalue weighted by atomic mass is 35.5. The van der Waals surface area contributed by atoms with Crippen LogP contribution in [0.3, 0.4) is 0 Å². The fourth-order valence-corrected chi connectivity index (χ4v) is 2.01. The monoisotopic (exact) mass is 335 g/mol. The first-order valence-electron chi connectivity index (χ1n) is 6.31. The molecule has 0 radical (unpaired) electrons. The van der Waals surface area contributed by atoms with Crippen LogP contribution in [0.25, 0.3) is 11.1 Å². The maximum atomic E-state index is 11.5. The summed E-state index contributed by atoms with van der Waals surface area (Å²) in [7, 11) is 0. The fraction of sp³-hybridized carbons (Fsp3) is 0.0714. The van der Waals surface area contributed by atoms with Crippen molar-refractivity contribution in [3.8, 4) is 11.1 Å². The van der Waals surface area contributed by atoms with Crippen molar-refractivity contribution in [2.24, 2.45) is 0 Å². The van der Waals surface area contributed by atoms with Crippen molar-refractivity contribution in [3.05, 3.63) is 62.7 Å². The number of alkyl halides is 1. The van der Waals surface area contributed by atoms with Gasteiger partial charge in [0.15, 0.2) is 0 Å². The van der Waals surface area contributed by atoms with Gasteiger partial charge in [0.1, 0.15) is 5.88 Å². The van der Waals surface area contributed by atoms with Gasteiger partial charge >= 0.3 is 0 Å². The van der Waals surface area contributed by atoms with Crippen molar-refractivity contribution in [3.63, 3.8) is 0 Å². The van der Waals surface area contributed by atoms with Crippen LogP contribution >= 0.6 is 11.6 Å². The molecule has 23 heavy (non-hydrogen) atoms. The third kappa shape index (κ3) is 3.80. The molecule has 118 valence electrons. The second-order valence-electron chi connectivity index (χ2n) is 4.47. The molecule has 0 aliphatic carbocycles. The summed E-state index contributed by atoms with van der Waals surface area (Å²) in [5, 5.41) is 24.0. The molecule has 0 aliphatic rings. The number of nitrogens with zero attached hydrogens (tertiary/aromatic N) is 2. The van der Waals surface area contributed by atoms with Crippen molar-refractivity contribution >= 4 is 34.6 Å². The van der Waals surface area contributed by atoms with E-state index < -0.39 is 15.8 Å². The third-order valence-electron chi connectivity index (χ3n) is 3.00. The normalized spacial score (nSPS) is 10.1. The van der Waals surface area contributed by atoms with Gasteiger partial charge in [-0.15, -0.1) is 11.6 Å². The largest absolute Gasteiger partial charge is 0.324 e. The number of rotatable bonds is 5. The minimum Gasteiger partial charge on any atom is -0.324 e. The topological polar surface area (TPSA) is 115 Å². The first-order valence-corrected chi connectivity index (χ1v) is 6.85. The lowest BCUT2D eigenvalue weighted by Crippen LogP contribution is -2.13. The molecule has 0 fully saturated rings. The molecule has 2 aromatic rings. The number of carbonyl (C=O) groups is 1. The molecule has 0 aliphatic heterocycles. The second kappa shape index (κ2) is 6.84. The highest BCUT2D eigenvalue weighted by Crippen LogP contribution is 2.32. The summed E-state index contributed by atoms with van der Waals surface area (Å²) in [6.07, 6.45) is 0. The van der Waals surface area contributed by atoms with Gasteiger partial charge in [-0.05, 0) is 23.8 Å². The molecule has 2 aromatic carbocycles. The van der Waals surface area contributed by atoms with Gasteiger partial charge in [-0.2, -0.15) is 0 Å². The van der Waals surface area contributed by atoms with Crippen molar-refractivity contribution in [1.29, 1.82) is 0 Å². The van der Waals surface area contributed by atoms with Gasteiger partial charge in [-0.25, -0.2) is 0 Å². The minimum atomic E-state index is -0.587. The molecule has 0 atom stereocenters. The Balaban J connectivity index is 2.49. The van der Waals surface area contributed by atoms with Gasteiger partial charge < -0.3 is 5.32 Å². The molecule has 0 unspecified atom stereocenters. The molecule has 1 amide bonds. The molecule has 0 spiro atoms.